The lowest BCUT2D eigenvalue weighted by atomic mass is 10.1. The predicted molar refractivity (Wildman–Crippen MR) is 91.9 cm³/mol. The summed E-state index contributed by atoms with van der Waals surface area (Å²) in [6.45, 7) is 6.47. The monoisotopic (exact) mass is 338 g/mol. The quantitative estimate of drug-likeness (QED) is 0.558. The van der Waals surface area contributed by atoms with Crippen molar-refractivity contribution in [3.8, 4) is 0 Å². The number of nitrogens with zero attached hydrogens (tertiary/aromatic N) is 2. The van der Waals surface area contributed by atoms with Crippen molar-refractivity contribution in [3.05, 3.63) is 50.4 Å². The van der Waals surface area contributed by atoms with Gasteiger partial charge >= 0.3 is 0 Å². The summed E-state index contributed by atoms with van der Waals surface area (Å²) >= 11 is 14.3. The van der Waals surface area contributed by atoms with E-state index in [0.29, 0.717) is 10.9 Å². The van der Waals surface area contributed by atoms with Crippen LogP contribution >= 0.6 is 34.5 Å². The molecule has 0 N–H and O–H groups in total. The van der Waals surface area contributed by atoms with Gasteiger partial charge in [0.1, 0.15) is 5.82 Å². The molecule has 0 aliphatic rings. The molecule has 5 heteroatoms. The Morgan fingerprint density at radius 2 is 2.10 bits per heavy atom. The molecule has 0 aliphatic carbocycles. The van der Waals surface area contributed by atoms with Gasteiger partial charge in [0, 0.05) is 9.75 Å². The van der Waals surface area contributed by atoms with E-state index >= 15 is 0 Å². The molecule has 2 heterocycles. The Bertz CT molecular complexity index is 804. The molecule has 0 spiro atoms. The lowest BCUT2D eigenvalue weighted by Crippen LogP contribution is -2.10. The second-order valence-electron chi connectivity index (χ2n) is 5.18. The molecule has 110 valence electrons. The van der Waals surface area contributed by atoms with Crippen molar-refractivity contribution >= 4 is 45.6 Å². The van der Waals surface area contributed by atoms with Crippen LogP contribution in [0.2, 0.25) is 5.02 Å². The zero-order chi connectivity index (χ0) is 15.1. The van der Waals surface area contributed by atoms with Gasteiger partial charge in [0.05, 0.1) is 28.0 Å². The first-order chi connectivity index (χ1) is 10.0. The fourth-order valence-corrected chi connectivity index (χ4v) is 4.34. The van der Waals surface area contributed by atoms with Gasteiger partial charge in [-0.3, -0.25) is 0 Å². The lowest BCUT2D eigenvalue weighted by molar-refractivity contribution is 0.633. The van der Waals surface area contributed by atoms with Crippen LogP contribution in [0.25, 0.3) is 11.0 Å². The molecular weight excluding hydrogens is 323 g/mol. The van der Waals surface area contributed by atoms with Gasteiger partial charge in [0.2, 0.25) is 0 Å². The van der Waals surface area contributed by atoms with E-state index in [4.69, 9.17) is 23.2 Å². The van der Waals surface area contributed by atoms with Gasteiger partial charge < -0.3 is 4.57 Å². The average Bonchev–Trinajstić information content (AvgIpc) is 2.98. The number of imidazole rings is 1. The molecule has 0 amide bonds. The minimum absolute atomic E-state index is 0.161. The topological polar surface area (TPSA) is 17.8 Å². The van der Waals surface area contributed by atoms with E-state index in [-0.39, 0.29) is 6.04 Å². The number of fused-ring (bicyclic) bond motifs is 1. The number of rotatable bonds is 3. The Labute approximate surface area is 138 Å². The Morgan fingerprint density at radius 3 is 2.71 bits per heavy atom. The van der Waals surface area contributed by atoms with Gasteiger partial charge in [-0.25, -0.2) is 4.98 Å². The van der Waals surface area contributed by atoms with Crippen molar-refractivity contribution in [3.63, 3.8) is 0 Å². The number of alkyl halides is 1. The first-order valence-electron chi connectivity index (χ1n) is 6.81. The fourth-order valence-electron chi connectivity index (χ4n) is 2.87. The highest BCUT2D eigenvalue weighted by molar-refractivity contribution is 7.12. The van der Waals surface area contributed by atoms with E-state index in [1.807, 2.05) is 29.5 Å². The number of aryl methyl sites for hydroxylation is 2. The van der Waals surface area contributed by atoms with Crippen LogP contribution in [-0.2, 0) is 5.88 Å². The van der Waals surface area contributed by atoms with Crippen molar-refractivity contribution < 1.29 is 0 Å². The molecule has 2 aromatic heterocycles. The number of hydrogen-bond acceptors (Lipinski definition) is 2. The molecule has 1 unspecified atom stereocenters. The van der Waals surface area contributed by atoms with Crippen molar-refractivity contribution in [2.75, 3.05) is 0 Å². The van der Waals surface area contributed by atoms with Crippen molar-refractivity contribution in [2.24, 2.45) is 0 Å². The summed E-state index contributed by atoms with van der Waals surface area (Å²) in [5, 5.41) is 0.716. The highest BCUT2D eigenvalue weighted by Crippen LogP contribution is 2.34. The standard InChI is InChI=1S/C16H16Cl2N2S/c1-9-7-12(11(3)21-9)10(2)20-15(8-17)19-14-6-4-5-13(18)16(14)20/h4-7,10H,8H2,1-3H3. The Hall–Kier alpha value is -1.03. The summed E-state index contributed by atoms with van der Waals surface area (Å²) in [7, 11) is 0. The average molecular weight is 339 g/mol. The summed E-state index contributed by atoms with van der Waals surface area (Å²) in [5.74, 6) is 1.23. The van der Waals surface area contributed by atoms with Gasteiger partial charge in [-0.1, -0.05) is 17.7 Å². The van der Waals surface area contributed by atoms with E-state index < -0.39 is 0 Å². The lowest BCUT2D eigenvalue weighted by Gasteiger charge is -2.17. The molecule has 0 aliphatic heterocycles. The maximum Gasteiger partial charge on any atom is 0.125 e. The van der Waals surface area contributed by atoms with E-state index in [9.17, 15) is 0 Å². The normalized spacial score (nSPS) is 13.0. The summed E-state index contributed by atoms with van der Waals surface area (Å²) in [6.07, 6.45) is 0. The SMILES string of the molecule is Cc1cc(C(C)n2c(CCl)nc3cccc(Cl)c32)c(C)s1. The van der Waals surface area contributed by atoms with E-state index in [0.717, 1.165) is 16.9 Å². The number of benzene rings is 1. The number of thiophene rings is 1. The third-order valence-electron chi connectivity index (χ3n) is 3.77. The van der Waals surface area contributed by atoms with Crippen molar-refractivity contribution in [1.29, 1.82) is 0 Å². The van der Waals surface area contributed by atoms with Crippen molar-refractivity contribution in [1.82, 2.24) is 9.55 Å². The molecule has 0 saturated carbocycles. The summed E-state index contributed by atoms with van der Waals surface area (Å²) in [6, 6.07) is 8.20. The highest BCUT2D eigenvalue weighted by Gasteiger charge is 2.20. The second kappa shape index (κ2) is 5.64. The van der Waals surface area contributed by atoms with Crippen molar-refractivity contribution in [2.45, 2.75) is 32.7 Å². The number of para-hydroxylation sites is 1. The fraction of sp³-hybridized carbons (Fsp3) is 0.312. The van der Waals surface area contributed by atoms with E-state index in [2.05, 4.69) is 36.4 Å². The predicted octanol–water partition coefficient (Wildman–Crippen LogP) is 5.72. The summed E-state index contributed by atoms with van der Waals surface area (Å²) < 4.78 is 2.17. The van der Waals surface area contributed by atoms with Crippen LogP contribution in [-0.4, -0.2) is 9.55 Å². The first kappa shape index (κ1) is 14.9. The molecule has 3 aromatic rings. The minimum atomic E-state index is 0.161. The Kier molecular flexibility index (Phi) is 4.00. The molecule has 0 saturated heterocycles. The van der Waals surface area contributed by atoms with E-state index in [1.165, 1.54) is 15.3 Å². The van der Waals surface area contributed by atoms with Gasteiger partial charge in [-0.2, -0.15) is 0 Å². The van der Waals surface area contributed by atoms with Gasteiger partial charge in [0.25, 0.3) is 0 Å². The minimum Gasteiger partial charge on any atom is -0.318 e. The molecule has 3 rings (SSSR count). The van der Waals surface area contributed by atoms with Gasteiger partial charge in [0.15, 0.2) is 0 Å². The maximum atomic E-state index is 6.41. The number of halogens is 2. The molecule has 0 radical (unpaired) electrons. The van der Waals surface area contributed by atoms with E-state index in [1.54, 1.807) is 0 Å². The molecule has 0 fully saturated rings. The van der Waals surface area contributed by atoms with Crippen LogP contribution in [0.4, 0.5) is 0 Å². The summed E-state index contributed by atoms with van der Waals surface area (Å²) in [5.41, 5.74) is 3.17. The maximum absolute atomic E-state index is 6.41. The highest BCUT2D eigenvalue weighted by atomic mass is 35.5. The Balaban J connectivity index is 2.25. The molecule has 21 heavy (non-hydrogen) atoms. The van der Waals surface area contributed by atoms with Crippen LogP contribution in [0.15, 0.2) is 24.3 Å². The van der Waals surface area contributed by atoms with Crippen LogP contribution in [0.3, 0.4) is 0 Å². The van der Waals surface area contributed by atoms with Crippen LogP contribution in [0.1, 0.15) is 34.1 Å². The second-order valence-corrected chi connectivity index (χ2v) is 7.32. The zero-order valence-electron chi connectivity index (χ0n) is 12.2. The van der Waals surface area contributed by atoms with Crippen LogP contribution in [0, 0.1) is 13.8 Å². The molecular formula is C16H16Cl2N2S. The largest absolute Gasteiger partial charge is 0.318 e. The molecule has 0 bridgehead atoms. The van der Waals surface area contributed by atoms with Gasteiger partial charge in [-0.15, -0.1) is 22.9 Å². The molecule has 1 aromatic carbocycles. The van der Waals surface area contributed by atoms with Gasteiger partial charge in [-0.05, 0) is 44.5 Å². The Morgan fingerprint density at radius 1 is 1.33 bits per heavy atom. The number of hydrogen-bond donors (Lipinski definition) is 0. The number of aromatic nitrogens is 2. The smallest absolute Gasteiger partial charge is 0.125 e. The summed E-state index contributed by atoms with van der Waals surface area (Å²) in [4.78, 5) is 7.27. The van der Waals surface area contributed by atoms with Crippen LogP contribution < -0.4 is 0 Å². The molecule has 1 atom stereocenters. The third kappa shape index (κ3) is 2.48. The zero-order valence-corrected chi connectivity index (χ0v) is 14.5. The first-order valence-corrected chi connectivity index (χ1v) is 8.54. The van der Waals surface area contributed by atoms with Crippen LogP contribution in [0.5, 0.6) is 0 Å². The molecule has 2 nitrogen and oxygen atoms in total. The third-order valence-corrected chi connectivity index (χ3v) is 5.30.